The molecule has 0 bridgehead atoms. The molecule has 0 radical (unpaired) electrons. The fourth-order valence-corrected chi connectivity index (χ4v) is 3.85. The number of benzene rings is 2. The molecule has 2 atom stereocenters. The Morgan fingerprint density at radius 2 is 1.91 bits per heavy atom. The molecule has 0 amide bonds. The predicted octanol–water partition coefficient (Wildman–Crippen LogP) is 4.51. The number of H-pyrrole nitrogens is 1. The van der Waals surface area contributed by atoms with Gasteiger partial charge in [0.15, 0.2) is 0 Å². The summed E-state index contributed by atoms with van der Waals surface area (Å²) in [7, 11) is 0. The smallest absolute Gasteiger partial charge is 0.123 e. The molecule has 0 aliphatic heterocycles. The van der Waals surface area contributed by atoms with Crippen LogP contribution in [0.5, 0.6) is 0 Å². The molecule has 1 aromatic heterocycles. The molecule has 2 unspecified atom stereocenters. The Morgan fingerprint density at radius 3 is 2.68 bits per heavy atom. The van der Waals surface area contributed by atoms with Gasteiger partial charge in [0, 0.05) is 21.1 Å². The van der Waals surface area contributed by atoms with Crippen LogP contribution in [0, 0.1) is 5.82 Å². The van der Waals surface area contributed by atoms with Crippen LogP contribution < -0.4 is 0 Å². The van der Waals surface area contributed by atoms with E-state index in [-0.39, 0.29) is 11.7 Å². The Morgan fingerprint density at radius 1 is 1.14 bits per heavy atom. The highest BCUT2D eigenvalue weighted by molar-refractivity contribution is 9.10. The average molecular weight is 360 g/mol. The maximum Gasteiger partial charge on any atom is 0.123 e. The summed E-state index contributed by atoms with van der Waals surface area (Å²) in [5.41, 5.74) is 4.34. The normalized spacial score (nSPS) is 21.0. The number of rotatable bonds is 1. The fraction of sp³-hybridized carbons (Fsp3) is 0.222. The molecule has 0 saturated heterocycles. The third-order valence-corrected chi connectivity index (χ3v) is 5.01. The summed E-state index contributed by atoms with van der Waals surface area (Å²) in [5.74, 6) is -0.384. The molecule has 22 heavy (non-hydrogen) atoms. The summed E-state index contributed by atoms with van der Waals surface area (Å²) in [6.07, 6.45) is 1.12. The second-order valence-corrected chi connectivity index (χ2v) is 6.76. The molecule has 2 aromatic carbocycles. The van der Waals surface area contributed by atoms with Crippen molar-refractivity contribution in [2.45, 2.75) is 24.9 Å². The zero-order valence-corrected chi connectivity index (χ0v) is 13.4. The highest BCUT2D eigenvalue weighted by atomic mass is 79.9. The van der Waals surface area contributed by atoms with Gasteiger partial charge in [0.2, 0.25) is 0 Å². The molecular weight excluding hydrogens is 345 g/mol. The molecule has 4 rings (SSSR count). The fourth-order valence-electron chi connectivity index (χ4n) is 3.49. The summed E-state index contributed by atoms with van der Waals surface area (Å²) in [5, 5.41) is 11.7. The molecule has 0 spiro atoms. The molecule has 1 heterocycles. The van der Waals surface area contributed by atoms with Crippen LogP contribution in [0.4, 0.5) is 4.39 Å². The highest BCUT2D eigenvalue weighted by Gasteiger charge is 2.32. The average Bonchev–Trinajstić information content (AvgIpc) is 2.86. The van der Waals surface area contributed by atoms with E-state index in [1.807, 2.05) is 12.1 Å². The van der Waals surface area contributed by atoms with Crippen LogP contribution in [0.2, 0.25) is 0 Å². The second kappa shape index (κ2) is 5.21. The zero-order chi connectivity index (χ0) is 15.3. The lowest BCUT2D eigenvalue weighted by molar-refractivity contribution is 0.138. The molecule has 112 valence electrons. The topological polar surface area (TPSA) is 36.0 Å². The first-order valence-corrected chi connectivity index (χ1v) is 8.16. The van der Waals surface area contributed by atoms with Crippen LogP contribution in [-0.4, -0.2) is 16.2 Å². The lowest BCUT2D eigenvalue weighted by Crippen LogP contribution is -2.26. The molecule has 1 aliphatic carbocycles. The third-order valence-electron chi connectivity index (χ3n) is 4.52. The van der Waals surface area contributed by atoms with Gasteiger partial charge < -0.3 is 10.1 Å². The molecule has 2 nitrogen and oxygen atoms in total. The minimum Gasteiger partial charge on any atom is -0.392 e. The number of halogens is 2. The molecule has 0 saturated carbocycles. The lowest BCUT2D eigenvalue weighted by atomic mass is 9.80. The largest absolute Gasteiger partial charge is 0.392 e. The highest BCUT2D eigenvalue weighted by Crippen LogP contribution is 2.40. The van der Waals surface area contributed by atoms with Gasteiger partial charge in [0.05, 0.1) is 12.0 Å². The number of hydrogen-bond donors (Lipinski definition) is 2. The van der Waals surface area contributed by atoms with Crippen molar-refractivity contribution in [2.24, 2.45) is 0 Å². The predicted molar refractivity (Wildman–Crippen MR) is 88.6 cm³/mol. The minimum atomic E-state index is -0.450. The molecule has 0 fully saturated rings. The van der Waals surface area contributed by atoms with Gasteiger partial charge >= 0.3 is 0 Å². The first-order valence-electron chi connectivity index (χ1n) is 7.37. The van der Waals surface area contributed by atoms with E-state index in [4.69, 9.17) is 0 Å². The first kappa shape index (κ1) is 14.0. The monoisotopic (exact) mass is 359 g/mol. The van der Waals surface area contributed by atoms with Crippen molar-refractivity contribution < 1.29 is 9.50 Å². The van der Waals surface area contributed by atoms with Crippen LogP contribution in [0.25, 0.3) is 10.9 Å². The maximum atomic E-state index is 13.2. The number of nitrogens with one attached hydrogen (secondary N) is 1. The molecule has 4 heteroatoms. The zero-order valence-electron chi connectivity index (χ0n) is 11.8. The summed E-state index contributed by atoms with van der Waals surface area (Å²) < 4.78 is 14.2. The van der Waals surface area contributed by atoms with Crippen molar-refractivity contribution in [3.05, 3.63) is 69.6 Å². The molecule has 3 aromatic rings. The van der Waals surface area contributed by atoms with Crippen molar-refractivity contribution in [3.63, 3.8) is 0 Å². The van der Waals surface area contributed by atoms with E-state index in [1.165, 1.54) is 23.1 Å². The minimum absolute atomic E-state index is 0.129. The maximum absolute atomic E-state index is 13.2. The Balaban J connectivity index is 1.91. The van der Waals surface area contributed by atoms with Gasteiger partial charge in [-0.2, -0.15) is 0 Å². The van der Waals surface area contributed by atoms with Gasteiger partial charge in [-0.25, -0.2) is 4.39 Å². The third kappa shape index (κ3) is 2.18. The van der Waals surface area contributed by atoms with Crippen molar-refractivity contribution >= 4 is 26.8 Å². The number of aromatic amines is 1. The van der Waals surface area contributed by atoms with E-state index in [0.717, 1.165) is 27.7 Å². The number of fused-ring (bicyclic) bond motifs is 3. The molecular formula is C18H15BrFNO. The second-order valence-electron chi connectivity index (χ2n) is 5.84. The van der Waals surface area contributed by atoms with Crippen molar-refractivity contribution in [1.82, 2.24) is 4.98 Å². The summed E-state index contributed by atoms with van der Waals surface area (Å²) in [6, 6.07) is 12.6. The van der Waals surface area contributed by atoms with E-state index >= 15 is 0 Å². The number of aliphatic hydroxyl groups is 1. The van der Waals surface area contributed by atoms with E-state index in [0.29, 0.717) is 6.42 Å². The number of hydrogen-bond acceptors (Lipinski definition) is 1. The van der Waals surface area contributed by atoms with Crippen molar-refractivity contribution in [3.8, 4) is 0 Å². The lowest BCUT2D eigenvalue weighted by Gasteiger charge is -2.28. The van der Waals surface area contributed by atoms with Gasteiger partial charge in [-0.1, -0.05) is 28.1 Å². The van der Waals surface area contributed by atoms with Gasteiger partial charge in [-0.3, -0.25) is 0 Å². The number of aromatic nitrogens is 1. The summed E-state index contributed by atoms with van der Waals surface area (Å²) >= 11 is 3.52. The van der Waals surface area contributed by atoms with E-state index in [1.54, 1.807) is 12.1 Å². The number of aliphatic hydroxyl groups excluding tert-OH is 1. The Kier molecular flexibility index (Phi) is 3.31. The van der Waals surface area contributed by atoms with Crippen molar-refractivity contribution in [2.75, 3.05) is 0 Å². The Bertz CT molecular complexity index is 840. The van der Waals surface area contributed by atoms with E-state index in [9.17, 15) is 9.50 Å². The quantitative estimate of drug-likeness (QED) is 0.658. The van der Waals surface area contributed by atoms with Crippen LogP contribution in [-0.2, 0) is 6.42 Å². The Hall–Kier alpha value is -1.65. The Labute approximate surface area is 136 Å². The summed E-state index contributed by atoms with van der Waals surface area (Å²) in [4.78, 5) is 3.46. The van der Waals surface area contributed by atoms with Gasteiger partial charge in [0.25, 0.3) is 0 Å². The van der Waals surface area contributed by atoms with Crippen LogP contribution in [0.15, 0.2) is 46.9 Å². The van der Waals surface area contributed by atoms with Crippen LogP contribution in [0.1, 0.15) is 29.2 Å². The molecule has 2 N–H and O–H groups in total. The van der Waals surface area contributed by atoms with Gasteiger partial charge in [-0.05, 0) is 54.3 Å². The summed E-state index contributed by atoms with van der Waals surface area (Å²) in [6.45, 7) is 0. The molecule has 1 aliphatic rings. The van der Waals surface area contributed by atoms with E-state index < -0.39 is 6.10 Å². The van der Waals surface area contributed by atoms with Gasteiger partial charge in [0.1, 0.15) is 5.82 Å². The van der Waals surface area contributed by atoms with Gasteiger partial charge in [-0.15, -0.1) is 0 Å². The SMILES string of the molecule is OC1CCc2c([nH]c3ccc(Br)cc23)C1c1ccc(F)cc1. The standard InChI is InChI=1S/C18H15BrFNO/c19-11-3-7-15-14(9-11)13-6-8-16(22)17(18(13)21-15)10-1-4-12(20)5-2-10/h1-5,7,9,16-17,21-22H,6,8H2. The first-order chi connectivity index (χ1) is 10.6. The number of aryl methyl sites for hydroxylation is 1. The van der Waals surface area contributed by atoms with Crippen molar-refractivity contribution in [1.29, 1.82) is 0 Å². The van der Waals surface area contributed by atoms with Crippen LogP contribution in [0.3, 0.4) is 0 Å². The van der Waals surface area contributed by atoms with Crippen LogP contribution >= 0.6 is 15.9 Å². The van der Waals surface area contributed by atoms with E-state index in [2.05, 4.69) is 27.0 Å².